The molecule has 0 spiro atoms. The molecule has 2 bridgehead atoms. The number of hydrogen-bond acceptors (Lipinski definition) is 7. The maximum absolute atomic E-state index is 13.8. The van der Waals surface area contributed by atoms with Crippen molar-refractivity contribution in [3.05, 3.63) is 59.2 Å². The summed E-state index contributed by atoms with van der Waals surface area (Å²) in [5, 5.41) is 11.8. The van der Waals surface area contributed by atoms with Crippen molar-refractivity contribution < 1.29 is 27.8 Å². The van der Waals surface area contributed by atoms with Gasteiger partial charge < -0.3 is 23.9 Å². The number of ether oxygens (including phenoxy) is 3. The summed E-state index contributed by atoms with van der Waals surface area (Å²) in [6.07, 6.45) is 13.0. The van der Waals surface area contributed by atoms with Gasteiger partial charge in [0.25, 0.3) is 5.91 Å². The van der Waals surface area contributed by atoms with Crippen molar-refractivity contribution in [3.63, 3.8) is 0 Å². The quantitative estimate of drug-likeness (QED) is 0.280. The van der Waals surface area contributed by atoms with Crippen LogP contribution in [-0.2, 0) is 4.79 Å². The summed E-state index contributed by atoms with van der Waals surface area (Å²) in [7, 11) is 1.60. The Kier molecular flexibility index (Phi) is 10.2. The lowest BCUT2D eigenvalue weighted by molar-refractivity contribution is -0.127. The minimum absolute atomic E-state index is 0.00930. The molecule has 3 aliphatic carbocycles. The van der Waals surface area contributed by atoms with Crippen LogP contribution >= 0.6 is 11.6 Å². The van der Waals surface area contributed by atoms with E-state index in [9.17, 15) is 9.18 Å². The first-order valence-electron chi connectivity index (χ1n) is 15.0. The fraction of sp³-hybridized carbons (Fsp3) is 0.531. The molecule has 0 radical (unpaired) electrons. The van der Waals surface area contributed by atoms with Crippen LogP contribution in [0.15, 0.2) is 46.9 Å². The van der Waals surface area contributed by atoms with Crippen molar-refractivity contribution in [2.45, 2.75) is 88.5 Å². The third-order valence-electron chi connectivity index (χ3n) is 8.34. The monoisotopic (exact) mass is 599 g/mol. The molecule has 2 aromatic carbocycles. The number of carbonyl (C=O) groups excluding carboxylic acids is 1. The Labute approximate surface area is 251 Å². The first kappa shape index (κ1) is 30.1. The van der Waals surface area contributed by atoms with Gasteiger partial charge in [0, 0.05) is 23.6 Å². The maximum atomic E-state index is 13.8. The molecule has 1 unspecified atom stereocenters. The number of aromatic nitrogens is 2. The molecule has 1 N–H and O–H groups in total. The average molecular weight is 600 g/mol. The smallest absolute Gasteiger partial charge is 0.420 e. The summed E-state index contributed by atoms with van der Waals surface area (Å²) in [6.45, 7) is -0.211. The minimum Gasteiger partial charge on any atom is -0.497 e. The molecule has 3 fully saturated rings. The number of nitrogens with zero attached hydrogens (tertiary/aromatic N) is 2. The molecule has 3 saturated carbocycles. The number of benzene rings is 2. The van der Waals surface area contributed by atoms with Gasteiger partial charge >= 0.3 is 6.08 Å². The lowest BCUT2D eigenvalue weighted by Gasteiger charge is -2.50. The van der Waals surface area contributed by atoms with E-state index in [0.717, 1.165) is 32.1 Å². The number of halogens is 2. The number of carbonyl (C=O) groups is 1. The van der Waals surface area contributed by atoms with Gasteiger partial charge in [0.2, 0.25) is 5.89 Å². The molecule has 8 nitrogen and oxygen atoms in total. The fourth-order valence-electron chi connectivity index (χ4n) is 6.30. The van der Waals surface area contributed by atoms with Gasteiger partial charge in [-0.3, -0.25) is 4.79 Å². The van der Waals surface area contributed by atoms with Crippen molar-refractivity contribution in [1.29, 1.82) is 0 Å². The standard InChI is InChI=1S/C32H39ClFN3O5/c1-39-24-12-9-13-26(16-24)41-31-37-36-30(42-31)23-11-8-6-4-2-3-5-7-10-22-18-32(19-22,20-23)35-29(38)21-40-25-14-15-27(33)28(34)17-25/h9,12-17,22-23H,2-8,10-11,18-21H2,1H3,(H,35,38). The van der Waals surface area contributed by atoms with E-state index in [-0.39, 0.29) is 35.3 Å². The summed E-state index contributed by atoms with van der Waals surface area (Å²) in [5.41, 5.74) is -0.395. The molecule has 1 aromatic heterocycles. The van der Waals surface area contributed by atoms with E-state index in [1.54, 1.807) is 25.3 Å². The Morgan fingerprint density at radius 3 is 2.48 bits per heavy atom. The van der Waals surface area contributed by atoms with Crippen LogP contribution in [0.3, 0.4) is 0 Å². The second-order valence-electron chi connectivity index (χ2n) is 11.6. The van der Waals surface area contributed by atoms with E-state index in [2.05, 4.69) is 15.5 Å². The predicted octanol–water partition coefficient (Wildman–Crippen LogP) is 8.01. The molecule has 226 valence electrons. The molecule has 6 rings (SSSR count). The highest BCUT2D eigenvalue weighted by atomic mass is 35.5. The zero-order chi connectivity index (χ0) is 29.4. The average Bonchev–Trinajstić information content (AvgIpc) is 3.43. The van der Waals surface area contributed by atoms with E-state index >= 15 is 0 Å². The summed E-state index contributed by atoms with van der Waals surface area (Å²) in [5.74, 6) is 1.70. The molecule has 1 atom stereocenters. The fourth-order valence-corrected chi connectivity index (χ4v) is 6.42. The Morgan fingerprint density at radius 1 is 0.976 bits per heavy atom. The second kappa shape index (κ2) is 14.2. The van der Waals surface area contributed by atoms with Gasteiger partial charge in [0.15, 0.2) is 6.61 Å². The van der Waals surface area contributed by atoms with Crippen LogP contribution in [0.4, 0.5) is 4.39 Å². The first-order chi connectivity index (χ1) is 20.4. The van der Waals surface area contributed by atoms with Crippen LogP contribution in [0.1, 0.15) is 88.9 Å². The Morgan fingerprint density at radius 2 is 1.71 bits per heavy atom. The molecule has 10 heteroatoms. The lowest BCUT2D eigenvalue weighted by atomic mass is 9.62. The van der Waals surface area contributed by atoms with Gasteiger partial charge in [-0.1, -0.05) is 74.1 Å². The predicted molar refractivity (Wildman–Crippen MR) is 157 cm³/mol. The Bertz CT molecular complexity index is 1330. The first-order valence-corrected chi connectivity index (χ1v) is 15.3. The molecule has 3 aromatic rings. The summed E-state index contributed by atoms with van der Waals surface area (Å²) >= 11 is 5.77. The van der Waals surface area contributed by atoms with Crippen LogP contribution in [0.2, 0.25) is 5.02 Å². The van der Waals surface area contributed by atoms with Gasteiger partial charge in [-0.15, -0.1) is 5.10 Å². The van der Waals surface area contributed by atoms with Gasteiger partial charge in [-0.25, -0.2) is 4.39 Å². The topological polar surface area (TPSA) is 95.7 Å². The molecule has 3 aliphatic rings. The van der Waals surface area contributed by atoms with E-state index in [0.29, 0.717) is 29.7 Å². The maximum Gasteiger partial charge on any atom is 0.420 e. The van der Waals surface area contributed by atoms with Crippen LogP contribution < -0.4 is 19.5 Å². The molecular formula is C32H39ClFN3O5. The molecule has 0 saturated heterocycles. The molecular weight excluding hydrogens is 561 g/mol. The van der Waals surface area contributed by atoms with Crippen molar-refractivity contribution >= 4 is 17.5 Å². The molecule has 1 heterocycles. The van der Waals surface area contributed by atoms with E-state index < -0.39 is 11.4 Å². The third kappa shape index (κ3) is 8.15. The third-order valence-corrected chi connectivity index (χ3v) is 8.65. The highest BCUT2D eigenvalue weighted by Gasteiger charge is 2.47. The van der Waals surface area contributed by atoms with Crippen molar-refractivity contribution in [2.75, 3.05) is 13.7 Å². The zero-order valence-corrected chi connectivity index (χ0v) is 24.8. The van der Waals surface area contributed by atoms with Gasteiger partial charge in [0.05, 0.1) is 12.1 Å². The zero-order valence-electron chi connectivity index (χ0n) is 24.1. The SMILES string of the molecule is COc1cccc(Oc2nnc(C3CCCCCCCCCC4CC(NC(=O)COc5ccc(Cl)c(F)c5)(C4)C3)o2)c1. The number of fused-ring (bicyclic) bond motifs is 10. The van der Waals surface area contributed by atoms with Crippen LogP contribution in [0.25, 0.3) is 0 Å². The van der Waals surface area contributed by atoms with Crippen LogP contribution in [0, 0.1) is 11.7 Å². The van der Waals surface area contributed by atoms with E-state index in [1.165, 1.54) is 50.7 Å². The summed E-state index contributed by atoms with van der Waals surface area (Å²) in [6, 6.07) is 11.4. The normalized spacial score (nSPS) is 23.2. The highest BCUT2D eigenvalue weighted by Crippen LogP contribution is 2.47. The second-order valence-corrected chi connectivity index (χ2v) is 12.0. The van der Waals surface area contributed by atoms with Crippen molar-refractivity contribution in [1.82, 2.24) is 15.5 Å². The number of amides is 1. The van der Waals surface area contributed by atoms with Gasteiger partial charge in [0.1, 0.15) is 23.1 Å². The minimum atomic E-state index is -0.585. The molecule has 1 amide bonds. The number of rotatable bonds is 8. The lowest BCUT2D eigenvalue weighted by Crippen LogP contribution is -2.58. The van der Waals surface area contributed by atoms with Gasteiger partial charge in [-0.2, -0.15) is 0 Å². The highest BCUT2D eigenvalue weighted by molar-refractivity contribution is 6.30. The van der Waals surface area contributed by atoms with E-state index in [1.807, 2.05) is 12.1 Å². The van der Waals surface area contributed by atoms with E-state index in [4.69, 9.17) is 30.2 Å². The number of hydrogen-bond donors (Lipinski definition) is 1. The van der Waals surface area contributed by atoms with Crippen LogP contribution in [-0.4, -0.2) is 35.4 Å². The Hall–Kier alpha value is -3.33. The van der Waals surface area contributed by atoms with Crippen molar-refractivity contribution in [2.24, 2.45) is 5.92 Å². The Balaban J connectivity index is 1.29. The molecule has 42 heavy (non-hydrogen) atoms. The molecule has 0 aliphatic heterocycles. The largest absolute Gasteiger partial charge is 0.497 e. The van der Waals surface area contributed by atoms with Gasteiger partial charge in [-0.05, 0) is 55.9 Å². The number of nitrogens with one attached hydrogen (secondary N) is 1. The van der Waals surface area contributed by atoms with Crippen molar-refractivity contribution in [3.8, 4) is 23.3 Å². The summed E-state index contributed by atoms with van der Waals surface area (Å²) in [4.78, 5) is 13.1. The van der Waals surface area contributed by atoms with Crippen LogP contribution in [0.5, 0.6) is 23.3 Å². The summed E-state index contributed by atoms with van der Waals surface area (Å²) < 4.78 is 36.6. The number of methoxy groups -OCH3 is 1.